The molecule has 0 saturated heterocycles. The van der Waals surface area contributed by atoms with E-state index >= 15 is 0 Å². The number of sulfonamides is 1. The lowest BCUT2D eigenvalue weighted by Crippen LogP contribution is -2.41. The summed E-state index contributed by atoms with van der Waals surface area (Å²) >= 11 is 0. The molecule has 27 heavy (non-hydrogen) atoms. The van der Waals surface area contributed by atoms with E-state index in [-0.39, 0.29) is 19.4 Å². The van der Waals surface area contributed by atoms with Crippen molar-refractivity contribution in [3.63, 3.8) is 0 Å². The molecule has 1 atom stereocenters. The van der Waals surface area contributed by atoms with Gasteiger partial charge in [0.2, 0.25) is 22.7 Å². The third-order valence-electron chi connectivity index (χ3n) is 4.29. The number of carbonyl (C=O) groups excluding carboxylic acids is 1. The van der Waals surface area contributed by atoms with E-state index in [2.05, 4.69) is 5.32 Å². The Labute approximate surface area is 158 Å². The molecular formula is C19H22N2O5S. The van der Waals surface area contributed by atoms with E-state index in [0.717, 1.165) is 21.7 Å². The van der Waals surface area contributed by atoms with Gasteiger partial charge in [-0.1, -0.05) is 29.8 Å². The standard InChI is InChI=1S/C19H22N2O5S/c1-13-4-6-15(7-5-13)14(2)20-19(22)11-21(27(3,23)24)16-8-9-17-18(10-16)26-12-25-17/h4-10,14H,11-12H2,1-3H3,(H,20,22)/t14-/m1/s1. The number of anilines is 1. The fraction of sp³-hybridized carbons (Fsp3) is 0.316. The molecule has 0 spiro atoms. The van der Waals surface area contributed by atoms with Crippen LogP contribution in [0.3, 0.4) is 0 Å². The maximum Gasteiger partial charge on any atom is 0.241 e. The number of nitrogens with zero attached hydrogens (tertiary/aromatic N) is 1. The highest BCUT2D eigenvalue weighted by molar-refractivity contribution is 7.92. The molecule has 0 unspecified atom stereocenters. The lowest BCUT2D eigenvalue weighted by atomic mass is 10.1. The molecule has 0 fully saturated rings. The maximum atomic E-state index is 12.5. The number of amides is 1. The van der Waals surface area contributed by atoms with Gasteiger partial charge >= 0.3 is 0 Å². The summed E-state index contributed by atoms with van der Waals surface area (Å²) in [6.07, 6.45) is 1.06. The molecule has 0 aliphatic carbocycles. The van der Waals surface area contributed by atoms with Crippen LogP contribution in [-0.2, 0) is 14.8 Å². The lowest BCUT2D eigenvalue weighted by molar-refractivity contribution is -0.120. The van der Waals surface area contributed by atoms with E-state index in [1.165, 1.54) is 0 Å². The topological polar surface area (TPSA) is 84.9 Å². The molecule has 1 amide bonds. The number of fused-ring (bicyclic) bond motifs is 1. The Bertz CT molecular complexity index is 941. The Kier molecular flexibility index (Phi) is 5.27. The first-order valence-corrected chi connectivity index (χ1v) is 10.3. The minimum atomic E-state index is -3.66. The minimum Gasteiger partial charge on any atom is -0.454 e. The van der Waals surface area contributed by atoms with Crippen molar-refractivity contribution in [2.75, 3.05) is 23.9 Å². The Morgan fingerprint density at radius 1 is 1.15 bits per heavy atom. The van der Waals surface area contributed by atoms with Crippen molar-refractivity contribution in [2.24, 2.45) is 0 Å². The van der Waals surface area contributed by atoms with Crippen LogP contribution in [0.2, 0.25) is 0 Å². The van der Waals surface area contributed by atoms with Crippen LogP contribution < -0.4 is 19.1 Å². The number of rotatable bonds is 6. The zero-order valence-electron chi connectivity index (χ0n) is 15.4. The van der Waals surface area contributed by atoms with Gasteiger partial charge in [-0.2, -0.15) is 0 Å². The summed E-state index contributed by atoms with van der Waals surface area (Å²) in [5.41, 5.74) is 2.42. The number of ether oxygens (including phenoxy) is 2. The highest BCUT2D eigenvalue weighted by Crippen LogP contribution is 2.36. The van der Waals surface area contributed by atoms with Crippen LogP contribution in [0, 0.1) is 6.92 Å². The minimum absolute atomic E-state index is 0.0895. The molecule has 0 radical (unpaired) electrons. The van der Waals surface area contributed by atoms with Gasteiger partial charge < -0.3 is 14.8 Å². The predicted octanol–water partition coefficient (Wildman–Crippen LogP) is 2.37. The molecule has 144 valence electrons. The monoisotopic (exact) mass is 390 g/mol. The van der Waals surface area contributed by atoms with Crippen LogP contribution in [0.15, 0.2) is 42.5 Å². The quantitative estimate of drug-likeness (QED) is 0.819. The third kappa shape index (κ3) is 4.51. The molecule has 2 aromatic rings. The molecular weight excluding hydrogens is 368 g/mol. The Balaban J connectivity index is 1.75. The molecule has 8 heteroatoms. The lowest BCUT2D eigenvalue weighted by Gasteiger charge is -2.23. The normalized spacial score (nSPS) is 13.9. The van der Waals surface area contributed by atoms with Crippen molar-refractivity contribution >= 4 is 21.6 Å². The first-order chi connectivity index (χ1) is 12.7. The number of hydrogen-bond donors (Lipinski definition) is 1. The molecule has 1 N–H and O–H groups in total. The second kappa shape index (κ2) is 7.48. The molecule has 1 heterocycles. The van der Waals surface area contributed by atoms with Crippen molar-refractivity contribution in [3.05, 3.63) is 53.6 Å². The van der Waals surface area contributed by atoms with E-state index in [0.29, 0.717) is 17.2 Å². The highest BCUT2D eigenvalue weighted by atomic mass is 32.2. The number of carbonyl (C=O) groups is 1. The third-order valence-corrected chi connectivity index (χ3v) is 5.43. The van der Waals surface area contributed by atoms with Crippen LogP contribution in [0.4, 0.5) is 5.69 Å². The fourth-order valence-electron chi connectivity index (χ4n) is 2.80. The number of benzene rings is 2. The zero-order chi connectivity index (χ0) is 19.6. The van der Waals surface area contributed by atoms with Crippen LogP contribution in [0.25, 0.3) is 0 Å². The summed E-state index contributed by atoms with van der Waals surface area (Å²) in [6, 6.07) is 12.3. The summed E-state index contributed by atoms with van der Waals surface area (Å²) in [4.78, 5) is 12.5. The highest BCUT2D eigenvalue weighted by Gasteiger charge is 2.24. The van der Waals surface area contributed by atoms with Crippen molar-refractivity contribution < 1.29 is 22.7 Å². The Morgan fingerprint density at radius 2 is 1.81 bits per heavy atom. The fourth-order valence-corrected chi connectivity index (χ4v) is 3.64. The average Bonchev–Trinajstić information content (AvgIpc) is 3.06. The van der Waals surface area contributed by atoms with Gasteiger partial charge in [-0.15, -0.1) is 0 Å². The largest absolute Gasteiger partial charge is 0.454 e. The van der Waals surface area contributed by atoms with Crippen LogP contribution >= 0.6 is 0 Å². The van der Waals surface area contributed by atoms with Crippen LogP contribution in [-0.4, -0.2) is 33.9 Å². The maximum absolute atomic E-state index is 12.5. The van der Waals surface area contributed by atoms with Gasteiger partial charge in [0.05, 0.1) is 18.0 Å². The summed E-state index contributed by atoms with van der Waals surface area (Å²) in [5, 5.41) is 2.84. The van der Waals surface area contributed by atoms with Crippen molar-refractivity contribution in [1.82, 2.24) is 5.32 Å². The van der Waals surface area contributed by atoms with Crippen LogP contribution in [0.1, 0.15) is 24.1 Å². The van der Waals surface area contributed by atoms with E-state index in [9.17, 15) is 13.2 Å². The molecule has 3 rings (SSSR count). The van der Waals surface area contributed by atoms with Gasteiger partial charge in [0, 0.05) is 6.07 Å². The van der Waals surface area contributed by atoms with Gasteiger partial charge in [0.25, 0.3) is 0 Å². The first-order valence-electron chi connectivity index (χ1n) is 8.47. The van der Waals surface area contributed by atoms with Crippen molar-refractivity contribution in [3.8, 4) is 11.5 Å². The number of nitrogens with one attached hydrogen (secondary N) is 1. The Hall–Kier alpha value is -2.74. The van der Waals surface area contributed by atoms with Crippen LogP contribution in [0.5, 0.6) is 11.5 Å². The van der Waals surface area contributed by atoms with Gasteiger partial charge in [-0.3, -0.25) is 9.10 Å². The summed E-state index contributed by atoms with van der Waals surface area (Å²) in [6.45, 7) is 3.61. The van der Waals surface area contributed by atoms with Crippen molar-refractivity contribution in [1.29, 1.82) is 0 Å². The molecule has 0 saturated carbocycles. The van der Waals surface area contributed by atoms with E-state index in [4.69, 9.17) is 9.47 Å². The number of aryl methyl sites for hydroxylation is 1. The second-order valence-corrected chi connectivity index (χ2v) is 8.41. The van der Waals surface area contributed by atoms with E-state index in [1.54, 1.807) is 18.2 Å². The smallest absolute Gasteiger partial charge is 0.241 e. The van der Waals surface area contributed by atoms with Crippen molar-refractivity contribution in [2.45, 2.75) is 19.9 Å². The van der Waals surface area contributed by atoms with E-state index in [1.807, 2.05) is 38.1 Å². The molecule has 2 aromatic carbocycles. The summed E-state index contributed by atoms with van der Waals surface area (Å²) in [5.74, 6) is 0.602. The molecule has 0 bridgehead atoms. The van der Waals surface area contributed by atoms with Gasteiger partial charge in [-0.25, -0.2) is 8.42 Å². The van der Waals surface area contributed by atoms with E-state index < -0.39 is 15.9 Å². The number of hydrogen-bond acceptors (Lipinski definition) is 5. The molecule has 1 aliphatic heterocycles. The van der Waals surface area contributed by atoms with Gasteiger partial charge in [0.15, 0.2) is 11.5 Å². The van der Waals surface area contributed by atoms with Gasteiger partial charge in [0.1, 0.15) is 6.54 Å². The summed E-state index contributed by atoms with van der Waals surface area (Å²) in [7, 11) is -3.66. The average molecular weight is 390 g/mol. The van der Waals surface area contributed by atoms with Gasteiger partial charge in [-0.05, 0) is 31.5 Å². The predicted molar refractivity (Wildman–Crippen MR) is 102 cm³/mol. The Morgan fingerprint density at radius 3 is 2.48 bits per heavy atom. The molecule has 0 aromatic heterocycles. The SMILES string of the molecule is Cc1ccc([C@@H](C)NC(=O)CN(c2ccc3c(c2)OCO3)S(C)(=O)=O)cc1. The molecule has 7 nitrogen and oxygen atoms in total. The molecule has 1 aliphatic rings. The summed E-state index contributed by atoms with van der Waals surface area (Å²) < 4.78 is 36.1. The zero-order valence-corrected chi connectivity index (χ0v) is 16.2. The first kappa shape index (κ1) is 19.0. The second-order valence-electron chi connectivity index (χ2n) is 6.51.